The normalized spacial score (nSPS) is 16.1. The summed E-state index contributed by atoms with van der Waals surface area (Å²) in [5.74, 6) is 1.65. The van der Waals surface area contributed by atoms with Gasteiger partial charge in [0.25, 0.3) is 11.3 Å². The third kappa shape index (κ3) is 2.90. The maximum absolute atomic E-state index is 12.5. The van der Waals surface area contributed by atoms with Crippen molar-refractivity contribution in [2.75, 3.05) is 0 Å². The van der Waals surface area contributed by atoms with Crippen molar-refractivity contribution < 1.29 is 9.47 Å². The van der Waals surface area contributed by atoms with Crippen LogP contribution in [0.1, 0.15) is 18.5 Å². The van der Waals surface area contributed by atoms with E-state index in [9.17, 15) is 4.79 Å². The molecular formula is C20H15N5O3. The van der Waals surface area contributed by atoms with Crippen molar-refractivity contribution in [3.63, 3.8) is 0 Å². The molecule has 4 heterocycles. The van der Waals surface area contributed by atoms with Crippen LogP contribution in [-0.4, -0.2) is 24.6 Å². The van der Waals surface area contributed by atoms with E-state index in [0.29, 0.717) is 28.7 Å². The van der Waals surface area contributed by atoms with Gasteiger partial charge in [-0.3, -0.25) is 14.9 Å². The molecule has 0 spiro atoms. The van der Waals surface area contributed by atoms with Gasteiger partial charge in [0.2, 0.25) is 0 Å². The van der Waals surface area contributed by atoms with Crippen LogP contribution in [0.4, 0.5) is 0 Å². The minimum Gasteiger partial charge on any atom is -0.465 e. The molecule has 3 aromatic heterocycles. The van der Waals surface area contributed by atoms with E-state index in [1.807, 2.05) is 24.3 Å². The molecule has 1 aliphatic carbocycles. The van der Waals surface area contributed by atoms with Crippen LogP contribution in [0, 0.1) is 0 Å². The lowest BCUT2D eigenvalue weighted by atomic mass is 10.0. The molecule has 0 unspecified atom stereocenters. The number of hydrogen-bond donors (Lipinski definition) is 1. The fourth-order valence-corrected chi connectivity index (χ4v) is 3.01. The Labute approximate surface area is 159 Å². The first-order valence-corrected chi connectivity index (χ1v) is 8.79. The number of nitrogens with one attached hydrogen (secondary N) is 1. The lowest BCUT2D eigenvalue weighted by Crippen LogP contribution is -2.16. The predicted molar refractivity (Wildman–Crippen MR) is 102 cm³/mol. The Morgan fingerprint density at radius 1 is 1.11 bits per heavy atom. The highest BCUT2D eigenvalue weighted by Gasteiger charge is 2.19. The molecule has 2 aliphatic rings. The van der Waals surface area contributed by atoms with E-state index < -0.39 is 0 Å². The molecule has 8 nitrogen and oxygen atoms in total. The van der Waals surface area contributed by atoms with Gasteiger partial charge in [0.15, 0.2) is 17.3 Å². The lowest BCUT2D eigenvalue weighted by molar-refractivity contribution is 0.284. The first kappa shape index (κ1) is 16.2. The van der Waals surface area contributed by atoms with Gasteiger partial charge < -0.3 is 9.47 Å². The monoisotopic (exact) mass is 373 g/mol. The highest BCUT2D eigenvalue weighted by Crippen LogP contribution is 2.29. The van der Waals surface area contributed by atoms with Gasteiger partial charge in [-0.15, -0.1) is 0 Å². The topological polar surface area (TPSA) is 94.4 Å². The van der Waals surface area contributed by atoms with Gasteiger partial charge in [-0.05, 0) is 30.5 Å². The number of aromatic amines is 1. The van der Waals surface area contributed by atoms with Crippen molar-refractivity contribution in [1.29, 1.82) is 0 Å². The standard InChI is InChI=1S/C20H15N5O3/c26-18-10-15(17-12-27-11-16(28-17)13-6-2-1-3-7-13)22-20-23-19(24-25(18)20)14-8-4-5-9-21-14/h1-2,4-6,8-12H,3,7H2,(H,22,23,24). The summed E-state index contributed by atoms with van der Waals surface area (Å²) in [6.45, 7) is 0. The zero-order valence-electron chi connectivity index (χ0n) is 14.7. The van der Waals surface area contributed by atoms with Gasteiger partial charge in [0, 0.05) is 12.3 Å². The molecule has 0 atom stereocenters. The van der Waals surface area contributed by atoms with Crippen LogP contribution in [0.25, 0.3) is 23.1 Å². The van der Waals surface area contributed by atoms with Crippen molar-refractivity contribution in [2.45, 2.75) is 12.8 Å². The smallest absolute Gasteiger partial charge is 0.274 e. The summed E-state index contributed by atoms with van der Waals surface area (Å²) in [4.78, 5) is 25.6. The van der Waals surface area contributed by atoms with Gasteiger partial charge in [-0.1, -0.05) is 24.3 Å². The second kappa shape index (κ2) is 6.66. The Kier molecular flexibility index (Phi) is 3.86. The van der Waals surface area contributed by atoms with Gasteiger partial charge in [0.05, 0.1) is 0 Å². The number of nitrogens with zero attached hydrogens (tertiary/aromatic N) is 4. The number of H-pyrrole nitrogens is 1. The first-order chi connectivity index (χ1) is 13.8. The minimum atomic E-state index is -0.310. The van der Waals surface area contributed by atoms with E-state index in [4.69, 9.17) is 9.47 Å². The average molecular weight is 373 g/mol. The van der Waals surface area contributed by atoms with E-state index in [0.717, 1.165) is 18.4 Å². The molecule has 1 N–H and O–H groups in total. The molecule has 0 fully saturated rings. The van der Waals surface area contributed by atoms with Crippen LogP contribution in [0.3, 0.4) is 0 Å². The van der Waals surface area contributed by atoms with Crippen molar-refractivity contribution in [2.24, 2.45) is 0 Å². The van der Waals surface area contributed by atoms with E-state index in [-0.39, 0.29) is 11.3 Å². The van der Waals surface area contributed by atoms with Crippen molar-refractivity contribution in [3.05, 3.63) is 88.6 Å². The number of allylic oxidation sites excluding steroid dienone is 4. The van der Waals surface area contributed by atoms with Crippen LogP contribution in [-0.2, 0) is 9.47 Å². The van der Waals surface area contributed by atoms with Crippen LogP contribution in [0.2, 0.25) is 0 Å². The number of ether oxygens (including phenoxy) is 2. The first-order valence-electron chi connectivity index (χ1n) is 8.79. The predicted octanol–water partition coefficient (Wildman–Crippen LogP) is 2.94. The number of fused-ring (bicyclic) bond motifs is 1. The largest absolute Gasteiger partial charge is 0.465 e. The van der Waals surface area contributed by atoms with Gasteiger partial charge in [-0.2, -0.15) is 9.50 Å². The molecule has 28 heavy (non-hydrogen) atoms. The SMILES string of the molecule is O=c1cc(C2=COC=C(C3=CC=CCC3)O2)nc2nc(-c3ccccn3)[nH]n12. The quantitative estimate of drug-likeness (QED) is 0.759. The Balaban J connectivity index is 1.50. The van der Waals surface area contributed by atoms with E-state index in [1.54, 1.807) is 18.5 Å². The summed E-state index contributed by atoms with van der Waals surface area (Å²) in [6.07, 6.45) is 12.5. The molecule has 0 amide bonds. The fraction of sp³-hybridized carbons (Fsp3) is 0.100. The molecule has 138 valence electrons. The van der Waals surface area contributed by atoms with Crippen LogP contribution in [0.15, 0.2) is 77.3 Å². The molecule has 3 aromatic rings. The summed E-state index contributed by atoms with van der Waals surface area (Å²) in [5, 5.41) is 2.92. The Morgan fingerprint density at radius 2 is 2.04 bits per heavy atom. The summed E-state index contributed by atoms with van der Waals surface area (Å²) in [7, 11) is 0. The van der Waals surface area contributed by atoms with E-state index in [2.05, 4.69) is 26.1 Å². The Morgan fingerprint density at radius 3 is 2.86 bits per heavy atom. The number of hydrogen-bond acceptors (Lipinski definition) is 6. The van der Waals surface area contributed by atoms with Gasteiger partial charge >= 0.3 is 0 Å². The molecule has 0 radical (unpaired) electrons. The maximum atomic E-state index is 12.5. The Hall–Kier alpha value is -3.94. The molecule has 8 heteroatoms. The Bertz CT molecular complexity index is 1230. The van der Waals surface area contributed by atoms with Crippen molar-refractivity contribution in [3.8, 4) is 11.5 Å². The van der Waals surface area contributed by atoms with Gasteiger partial charge in [-0.25, -0.2) is 4.98 Å². The lowest BCUT2D eigenvalue weighted by Gasteiger charge is -2.19. The molecule has 1 aliphatic heterocycles. The second-order valence-electron chi connectivity index (χ2n) is 6.26. The van der Waals surface area contributed by atoms with Crippen molar-refractivity contribution in [1.82, 2.24) is 24.6 Å². The number of pyridine rings is 1. The number of aromatic nitrogens is 5. The zero-order chi connectivity index (χ0) is 18.9. The molecule has 5 rings (SSSR count). The maximum Gasteiger partial charge on any atom is 0.274 e. The minimum absolute atomic E-state index is 0.226. The molecule has 0 bridgehead atoms. The molecule has 0 aromatic carbocycles. The summed E-state index contributed by atoms with van der Waals surface area (Å²) in [6, 6.07) is 6.83. The average Bonchev–Trinajstić information content (AvgIpc) is 3.20. The summed E-state index contributed by atoms with van der Waals surface area (Å²) < 4.78 is 12.6. The molecule has 0 saturated heterocycles. The summed E-state index contributed by atoms with van der Waals surface area (Å²) >= 11 is 0. The highest BCUT2D eigenvalue weighted by atomic mass is 16.5. The molecule has 0 saturated carbocycles. The summed E-state index contributed by atoms with van der Waals surface area (Å²) in [5.41, 5.74) is 1.69. The van der Waals surface area contributed by atoms with Crippen LogP contribution >= 0.6 is 0 Å². The van der Waals surface area contributed by atoms with Crippen molar-refractivity contribution >= 4 is 11.5 Å². The van der Waals surface area contributed by atoms with E-state index >= 15 is 0 Å². The van der Waals surface area contributed by atoms with E-state index in [1.165, 1.54) is 16.8 Å². The molecular weight excluding hydrogens is 358 g/mol. The van der Waals surface area contributed by atoms with Gasteiger partial charge in [0.1, 0.15) is 23.9 Å². The van der Waals surface area contributed by atoms with Crippen LogP contribution < -0.4 is 5.56 Å². The second-order valence-corrected chi connectivity index (χ2v) is 6.26. The number of rotatable bonds is 3. The highest BCUT2D eigenvalue weighted by molar-refractivity contribution is 5.60. The third-order valence-corrected chi connectivity index (χ3v) is 4.39. The van der Waals surface area contributed by atoms with Crippen LogP contribution in [0.5, 0.6) is 0 Å². The zero-order valence-corrected chi connectivity index (χ0v) is 14.7. The third-order valence-electron chi connectivity index (χ3n) is 4.39. The fourth-order valence-electron chi connectivity index (χ4n) is 3.01.